The van der Waals surface area contributed by atoms with E-state index in [4.69, 9.17) is 10.2 Å². The average molecular weight is 371 g/mol. The van der Waals surface area contributed by atoms with Crippen molar-refractivity contribution >= 4 is 22.7 Å². The maximum atomic E-state index is 8.83. The van der Waals surface area contributed by atoms with Crippen LogP contribution in [-0.2, 0) is 7.05 Å². The second-order valence-corrected chi connectivity index (χ2v) is 7.19. The summed E-state index contributed by atoms with van der Waals surface area (Å²) in [6.07, 6.45) is 0. The fourth-order valence-electron chi connectivity index (χ4n) is 3.00. The normalized spacial score (nSPS) is 10.9. The molecule has 27 heavy (non-hydrogen) atoms. The number of hydrogen-bond donors (Lipinski definition) is 0. The van der Waals surface area contributed by atoms with Crippen molar-refractivity contribution in [1.29, 1.82) is 5.26 Å². The lowest BCUT2D eigenvalue weighted by atomic mass is 10.0. The van der Waals surface area contributed by atoms with Crippen molar-refractivity contribution in [2.24, 2.45) is 7.05 Å². The fourth-order valence-corrected chi connectivity index (χ4v) is 3.58. The molecule has 0 aliphatic carbocycles. The quantitative estimate of drug-likeness (QED) is 0.490. The third-order valence-corrected chi connectivity index (χ3v) is 5.29. The molecule has 0 atom stereocenters. The van der Waals surface area contributed by atoms with Crippen molar-refractivity contribution in [1.82, 2.24) is 19.7 Å². The van der Waals surface area contributed by atoms with Gasteiger partial charge in [0.2, 0.25) is 0 Å². The lowest BCUT2D eigenvalue weighted by molar-refractivity contribution is 0.795. The third kappa shape index (κ3) is 3.29. The smallest absolute Gasteiger partial charge is 0.192 e. The van der Waals surface area contributed by atoms with Crippen LogP contribution in [0.5, 0.6) is 0 Å². The Morgan fingerprint density at radius 3 is 2.63 bits per heavy atom. The van der Waals surface area contributed by atoms with Gasteiger partial charge in [0.05, 0.1) is 23.0 Å². The van der Waals surface area contributed by atoms with Gasteiger partial charge in [-0.15, -0.1) is 10.2 Å². The van der Waals surface area contributed by atoms with Gasteiger partial charge in [0.1, 0.15) is 0 Å². The number of nitrogens with zero attached hydrogens (tertiary/aromatic N) is 5. The number of thioether (sulfide) groups is 1. The van der Waals surface area contributed by atoms with E-state index in [0.29, 0.717) is 5.75 Å². The van der Waals surface area contributed by atoms with Crippen molar-refractivity contribution < 1.29 is 0 Å². The molecule has 0 spiro atoms. The molecular weight excluding hydrogens is 354 g/mol. The number of para-hydroxylation sites is 1. The van der Waals surface area contributed by atoms with E-state index >= 15 is 0 Å². The van der Waals surface area contributed by atoms with Gasteiger partial charge in [0, 0.05) is 23.6 Å². The SMILES string of the molecule is Cc1ccc(-c2cc(-c3nnc(SCC#N)n3C)c3ccccc3n2)cc1. The van der Waals surface area contributed by atoms with Crippen LogP contribution < -0.4 is 0 Å². The molecule has 6 heteroatoms. The summed E-state index contributed by atoms with van der Waals surface area (Å²) in [5.74, 6) is 1.11. The summed E-state index contributed by atoms with van der Waals surface area (Å²) >= 11 is 1.38. The van der Waals surface area contributed by atoms with Gasteiger partial charge in [0.15, 0.2) is 11.0 Å². The zero-order valence-electron chi connectivity index (χ0n) is 15.0. The Morgan fingerprint density at radius 1 is 1.07 bits per heavy atom. The van der Waals surface area contributed by atoms with E-state index < -0.39 is 0 Å². The standard InChI is InChI=1S/C21H17N5S/c1-14-7-9-15(10-8-14)19-13-17(16-5-3-4-6-18(16)23-19)20-24-25-21(26(20)2)27-12-11-22/h3-10,13H,12H2,1-2H3. The monoisotopic (exact) mass is 371 g/mol. The van der Waals surface area contributed by atoms with Crippen LogP contribution in [0.1, 0.15) is 5.56 Å². The number of rotatable bonds is 4. The van der Waals surface area contributed by atoms with Gasteiger partial charge in [-0.3, -0.25) is 0 Å². The van der Waals surface area contributed by atoms with Crippen molar-refractivity contribution in [2.75, 3.05) is 5.75 Å². The van der Waals surface area contributed by atoms with Crippen LogP contribution in [0.2, 0.25) is 0 Å². The van der Waals surface area contributed by atoms with Crippen LogP contribution in [0, 0.1) is 18.3 Å². The molecule has 4 rings (SSSR count). The second-order valence-electron chi connectivity index (χ2n) is 6.25. The molecule has 0 unspecified atom stereocenters. The number of hydrogen-bond acceptors (Lipinski definition) is 5. The summed E-state index contributed by atoms with van der Waals surface area (Å²) in [6, 6.07) is 20.6. The van der Waals surface area contributed by atoms with Crippen LogP contribution in [0.3, 0.4) is 0 Å². The Balaban J connectivity index is 1.91. The predicted octanol–water partition coefficient (Wildman–Crippen LogP) is 4.62. The highest BCUT2D eigenvalue weighted by molar-refractivity contribution is 7.99. The Bertz CT molecular complexity index is 1160. The molecule has 2 aromatic heterocycles. The summed E-state index contributed by atoms with van der Waals surface area (Å²) in [5, 5.41) is 19.2. The predicted molar refractivity (Wildman–Crippen MR) is 108 cm³/mol. The van der Waals surface area contributed by atoms with Gasteiger partial charge in [-0.2, -0.15) is 5.26 Å². The van der Waals surface area contributed by atoms with Crippen LogP contribution in [-0.4, -0.2) is 25.5 Å². The van der Waals surface area contributed by atoms with E-state index in [2.05, 4.69) is 53.5 Å². The zero-order chi connectivity index (χ0) is 18.8. The van der Waals surface area contributed by atoms with E-state index in [-0.39, 0.29) is 0 Å². The first-order valence-corrected chi connectivity index (χ1v) is 9.52. The van der Waals surface area contributed by atoms with Crippen molar-refractivity contribution in [3.63, 3.8) is 0 Å². The minimum atomic E-state index is 0.345. The van der Waals surface area contributed by atoms with Gasteiger partial charge < -0.3 is 4.57 Å². The number of pyridine rings is 1. The summed E-state index contributed by atoms with van der Waals surface area (Å²) < 4.78 is 1.93. The molecule has 0 bridgehead atoms. The first-order chi connectivity index (χ1) is 13.2. The van der Waals surface area contributed by atoms with Gasteiger partial charge in [-0.25, -0.2) is 4.98 Å². The Labute approximate surface area is 161 Å². The second kappa shape index (κ2) is 7.22. The molecule has 2 aromatic carbocycles. The number of fused-ring (bicyclic) bond motifs is 1. The molecular formula is C21H17N5S. The molecule has 0 aliphatic rings. The van der Waals surface area contributed by atoms with Crippen molar-refractivity contribution in [3.05, 3.63) is 60.2 Å². The molecule has 4 aromatic rings. The van der Waals surface area contributed by atoms with Gasteiger partial charge >= 0.3 is 0 Å². The van der Waals surface area contributed by atoms with Crippen LogP contribution in [0.15, 0.2) is 59.8 Å². The molecule has 0 saturated heterocycles. The molecule has 5 nitrogen and oxygen atoms in total. The van der Waals surface area contributed by atoms with E-state index in [9.17, 15) is 0 Å². The highest BCUT2D eigenvalue weighted by atomic mass is 32.2. The highest BCUT2D eigenvalue weighted by Crippen LogP contribution is 2.32. The third-order valence-electron chi connectivity index (χ3n) is 4.41. The minimum absolute atomic E-state index is 0.345. The molecule has 0 radical (unpaired) electrons. The van der Waals surface area contributed by atoms with E-state index in [0.717, 1.165) is 38.7 Å². The average Bonchev–Trinajstić information content (AvgIpc) is 3.06. The van der Waals surface area contributed by atoms with E-state index in [1.54, 1.807) is 0 Å². The summed E-state index contributed by atoms with van der Waals surface area (Å²) in [5.41, 5.74) is 5.08. The molecule has 2 heterocycles. The maximum Gasteiger partial charge on any atom is 0.192 e. The maximum absolute atomic E-state index is 8.83. The molecule has 0 aliphatic heterocycles. The zero-order valence-corrected chi connectivity index (χ0v) is 15.9. The van der Waals surface area contributed by atoms with Gasteiger partial charge in [-0.05, 0) is 19.1 Å². The summed E-state index contributed by atoms with van der Waals surface area (Å²) in [6.45, 7) is 2.07. The lowest BCUT2D eigenvalue weighted by Crippen LogP contribution is -1.97. The van der Waals surface area contributed by atoms with Crippen LogP contribution in [0.25, 0.3) is 33.5 Å². The first-order valence-electron chi connectivity index (χ1n) is 8.53. The summed E-state index contributed by atoms with van der Waals surface area (Å²) in [4.78, 5) is 4.84. The first kappa shape index (κ1) is 17.3. The van der Waals surface area contributed by atoms with E-state index in [1.807, 2.05) is 35.9 Å². The molecule has 0 saturated carbocycles. The molecule has 0 amide bonds. The lowest BCUT2D eigenvalue weighted by Gasteiger charge is -2.10. The van der Waals surface area contributed by atoms with Gasteiger partial charge in [-0.1, -0.05) is 59.8 Å². The molecule has 132 valence electrons. The minimum Gasteiger partial charge on any atom is -0.305 e. The Kier molecular flexibility index (Phi) is 4.61. The number of aromatic nitrogens is 4. The highest BCUT2D eigenvalue weighted by Gasteiger charge is 2.16. The Morgan fingerprint density at radius 2 is 1.85 bits per heavy atom. The molecule has 0 N–H and O–H groups in total. The van der Waals surface area contributed by atoms with Crippen molar-refractivity contribution in [3.8, 4) is 28.7 Å². The topological polar surface area (TPSA) is 67.4 Å². The van der Waals surface area contributed by atoms with Crippen LogP contribution in [0.4, 0.5) is 0 Å². The number of nitriles is 1. The van der Waals surface area contributed by atoms with Crippen LogP contribution >= 0.6 is 11.8 Å². The largest absolute Gasteiger partial charge is 0.305 e. The van der Waals surface area contributed by atoms with Crippen molar-refractivity contribution in [2.45, 2.75) is 12.1 Å². The van der Waals surface area contributed by atoms with Gasteiger partial charge in [0.25, 0.3) is 0 Å². The van der Waals surface area contributed by atoms with E-state index in [1.165, 1.54) is 17.3 Å². The Hall–Kier alpha value is -3.17. The number of benzene rings is 2. The molecule has 0 fully saturated rings. The fraction of sp³-hybridized carbons (Fsp3) is 0.143. The summed E-state index contributed by atoms with van der Waals surface area (Å²) in [7, 11) is 1.93. The number of aryl methyl sites for hydroxylation is 1.